The molecule has 1 aliphatic heterocycles. The monoisotopic (exact) mass is 221 g/mol. The molecule has 6 heteroatoms. The molecule has 3 N–H and O–H groups in total. The fourth-order valence-corrected chi connectivity index (χ4v) is 3.37. The van der Waals surface area contributed by atoms with Crippen molar-refractivity contribution in [1.82, 2.24) is 10.4 Å². The Kier molecular flexibility index (Phi) is 3.52. The summed E-state index contributed by atoms with van der Waals surface area (Å²) < 4.78 is 22.5. The Morgan fingerprint density at radius 2 is 1.86 bits per heavy atom. The summed E-state index contributed by atoms with van der Waals surface area (Å²) in [4.78, 5) is 0. The zero-order valence-electron chi connectivity index (χ0n) is 8.78. The molecule has 84 valence electrons. The molecule has 0 unspecified atom stereocenters. The molecule has 0 aromatic heterocycles. The number of hydrogen-bond acceptors (Lipinski definition) is 5. The molecule has 0 amide bonds. The molecular formula is C8H19N3O2S. The Bertz CT molecular complexity index is 273. The maximum atomic E-state index is 11.3. The van der Waals surface area contributed by atoms with E-state index in [1.165, 1.54) is 0 Å². The lowest BCUT2D eigenvalue weighted by Gasteiger charge is -2.39. The van der Waals surface area contributed by atoms with Crippen molar-refractivity contribution in [2.75, 3.05) is 32.1 Å². The zero-order chi connectivity index (χ0) is 10.8. The van der Waals surface area contributed by atoms with Crippen LogP contribution < -0.4 is 11.2 Å². The largest absolute Gasteiger partial charge is 0.329 e. The lowest BCUT2D eigenvalue weighted by Crippen LogP contribution is -2.59. The van der Waals surface area contributed by atoms with Crippen molar-refractivity contribution in [1.29, 1.82) is 0 Å². The first-order valence-corrected chi connectivity index (χ1v) is 6.57. The second kappa shape index (κ2) is 4.14. The van der Waals surface area contributed by atoms with E-state index in [0.29, 0.717) is 19.4 Å². The van der Waals surface area contributed by atoms with Crippen LogP contribution in [0.5, 0.6) is 0 Å². The number of rotatable bonds is 3. The molecule has 0 spiro atoms. The summed E-state index contributed by atoms with van der Waals surface area (Å²) in [6.45, 7) is 0.473. The topological polar surface area (TPSA) is 75.4 Å². The van der Waals surface area contributed by atoms with Gasteiger partial charge in [0.2, 0.25) is 0 Å². The Balaban J connectivity index is 2.66. The van der Waals surface area contributed by atoms with Gasteiger partial charge in [0.15, 0.2) is 0 Å². The van der Waals surface area contributed by atoms with Crippen LogP contribution in [0.2, 0.25) is 0 Å². The van der Waals surface area contributed by atoms with Gasteiger partial charge in [0, 0.05) is 26.2 Å². The van der Waals surface area contributed by atoms with E-state index >= 15 is 0 Å². The van der Waals surface area contributed by atoms with Crippen LogP contribution in [0.15, 0.2) is 0 Å². The third-order valence-corrected chi connectivity index (χ3v) is 4.29. The highest BCUT2D eigenvalue weighted by Gasteiger charge is 2.36. The highest BCUT2D eigenvalue weighted by Crippen LogP contribution is 2.22. The Morgan fingerprint density at radius 3 is 2.21 bits per heavy atom. The maximum Gasteiger partial charge on any atom is 0.150 e. The molecular weight excluding hydrogens is 202 g/mol. The van der Waals surface area contributed by atoms with Crippen LogP contribution in [0, 0.1) is 0 Å². The molecule has 1 saturated heterocycles. The van der Waals surface area contributed by atoms with Crippen molar-refractivity contribution < 1.29 is 8.42 Å². The van der Waals surface area contributed by atoms with E-state index in [9.17, 15) is 8.42 Å². The van der Waals surface area contributed by atoms with Crippen LogP contribution in [0.1, 0.15) is 12.8 Å². The molecule has 1 heterocycles. The summed E-state index contributed by atoms with van der Waals surface area (Å²) in [7, 11) is 0.965. The molecule has 1 fully saturated rings. The van der Waals surface area contributed by atoms with Crippen molar-refractivity contribution in [2.24, 2.45) is 5.73 Å². The van der Waals surface area contributed by atoms with Crippen LogP contribution >= 0.6 is 0 Å². The first kappa shape index (κ1) is 11.9. The van der Waals surface area contributed by atoms with E-state index in [2.05, 4.69) is 5.43 Å². The molecule has 0 aromatic rings. The summed E-state index contributed by atoms with van der Waals surface area (Å²) in [6.07, 6.45) is 1.20. The lowest BCUT2D eigenvalue weighted by atomic mass is 9.93. The van der Waals surface area contributed by atoms with E-state index in [-0.39, 0.29) is 17.0 Å². The molecule has 5 nitrogen and oxygen atoms in total. The summed E-state index contributed by atoms with van der Waals surface area (Å²) in [6, 6.07) is 0. The quantitative estimate of drug-likeness (QED) is 0.595. The summed E-state index contributed by atoms with van der Waals surface area (Å²) >= 11 is 0. The van der Waals surface area contributed by atoms with Gasteiger partial charge in [-0.15, -0.1) is 0 Å². The predicted molar refractivity (Wildman–Crippen MR) is 56.5 cm³/mol. The average molecular weight is 221 g/mol. The van der Waals surface area contributed by atoms with E-state index in [1.807, 2.05) is 19.1 Å². The standard InChI is InChI=1S/C8H19N3O2S/c1-11(2)10-8(7-9)3-5-14(12,13)6-4-8/h10H,3-7,9H2,1-2H3. The second-order valence-electron chi connectivity index (χ2n) is 4.14. The van der Waals surface area contributed by atoms with Gasteiger partial charge < -0.3 is 5.73 Å². The normalized spacial score (nSPS) is 25.1. The van der Waals surface area contributed by atoms with E-state index < -0.39 is 9.84 Å². The molecule has 1 aliphatic rings. The van der Waals surface area contributed by atoms with Gasteiger partial charge in [0.25, 0.3) is 0 Å². The van der Waals surface area contributed by atoms with Gasteiger partial charge in [-0.3, -0.25) is 5.01 Å². The van der Waals surface area contributed by atoms with Gasteiger partial charge in [0.05, 0.1) is 11.5 Å². The SMILES string of the molecule is CN(C)NC1(CN)CCS(=O)(=O)CC1. The Labute approximate surface area is 85.5 Å². The first-order valence-electron chi connectivity index (χ1n) is 4.75. The molecule has 0 atom stereocenters. The molecule has 1 rings (SSSR count). The lowest BCUT2D eigenvalue weighted by molar-refractivity contribution is 0.150. The fourth-order valence-electron chi connectivity index (χ4n) is 1.76. The number of nitrogens with one attached hydrogen (secondary N) is 1. The summed E-state index contributed by atoms with van der Waals surface area (Å²) in [5, 5.41) is 1.84. The van der Waals surface area contributed by atoms with Gasteiger partial charge >= 0.3 is 0 Å². The fraction of sp³-hybridized carbons (Fsp3) is 1.00. The van der Waals surface area contributed by atoms with Gasteiger partial charge in [-0.1, -0.05) is 0 Å². The predicted octanol–water partition coefficient (Wildman–Crippen LogP) is -1.04. The second-order valence-corrected chi connectivity index (χ2v) is 6.45. The number of hydrazine groups is 1. The van der Waals surface area contributed by atoms with Gasteiger partial charge in [0.1, 0.15) is 9.84 Å². The minimum atomic E-state index is -2.81. The van der Waals surface area contributed by atoms with Gasteiger partial charge in [-0.05, 0) is 12.8 Å². The van der Waals surface area contributed by atoms with Crippen molar-refractivity contribution in [3.63, 3.8) is 0 Å². The van der Waals surface area contributed by atoms with Gasteiger partial charge in [-0.2, -0.15) is 0 Å². The Morgan fingerprint density at radius 1 is 1.36 bits per heavy atom. The van der Waals surface area contributed by atoms with Crippen molar-refractivity contribution in [3.8, 4) is 0 Å². The Hall–Kier alpha value is -0.170. The first-order chi connectivity index (χ1) is 6.39. The molecule has 0 radical (unpaired) electrons. The van der Waals surface area contributed by atoms with Crippen molar-refractivity contribution in [3.05, 3.63) is 0 Å². The smallest absolute Gasteiger partial charge is 0.150 e. The number of hydrogen-bond donors (Lipinski definition) is 2. The number of nitrogens with two attached hydrogens (primary N) is 1. The highest BCUT2D eigenvalue weighted by atomic mass is 32.2. The minimum absolute atomic E-state index is 0.227. The molecule has 0 saturated carbocycles. The third kappa shape index (κ3) is 2.91. The molecule has 0 aromatic carbocycles. The van der Waals surface area contributed by atoms with Crippen LogP contribution in [0.25, 0.3) is 0 Å². The van der Waals surface area contributed by atoms with Crippen molar-refractivity contribution >= 4 is 9.84 Å². The molecule has 14 heavy (non-hydrogen) atoms. The molecule has 0 aliphatic carbocycles. The number of sulfone groups is 1. The summed E-state index contributed by atoms with van der Waals surface area (Å²) in [5.41, 5.74) is 8.69. The van der Waals surface area contributed by atoms with E-state index in [0.717, 1.165) is 0 Å². The van der Waals surface area contributed by atoms with E-state index in [4.69, 9.17) is 5.73 Å². The molecule has 0 bridgehead atoms. The van der Waals surface area contributed by atoms with Crippen LogP contribution in [0.3, 0.4) is 0 Å². The van der Waals surface area contributed by atoms with Crippen LogP contribution in [0.4, 0.5) is 0 Å². The van der Waals surface area contributed by atoms with Crippen molar-refractivity contribution in [2.45, 2.75) is 18.4 Å². The maximum absolute atomic E-state index is 11.3. The minimum Gasteiger partial charge on any atom is -0.329 e. The highest BCUT2D eigenvalue weighted by molar-refractivity contribution is 7.91. The van der Waals surface area contributed by atoms with Crippen LogP contribution in [-0.2, 0) is 9.84 Å². The van der Waals surface area contributed by atoms with Crippen LogP contribution in [-0.4, -0.2) is 51.1 Å². The summed E-state index contributed by atoms with van der Waals surface area (Å²) in [5.74, 6) is 0.482. The van der Waals surface area contributed by atoms with E-state index in [1.54, 1.807) is 0 Å². The average Bonchev–Trinajstić information content (AvgIpc) is 2.09. The number of nitrogens with zero attached hydrogens (tertiary/aromatic N) is 1. The third-order valence-electron chi connectivity index (χ3n) is 2.63. The van der Waals surface area contributed by atoms with Gasteiger partial charge in [-0.25, -0.2) is 13.8 Å². The zero-order valence-corrected chi connectivity index (χ0v) is 9.60.